The van der Waals surface area contributed by atoms with Gasteiger partial charge in [-0.15, -0.1) is 5.11 Å². The lowest BCUT2D eigenvalue weighted by molar-refractivity contribution is 0.475. The summed E-state index contributed by atoms with van der Waals surface area (Å²) in [6.45, 7) is 0. The van der Waals surface area contributed by atoms with E-state index in [1.54, 1.807) is 12.1 Å². The van der Waals surface area contributed by atoms with Crippen molar-refractivity contribution in [2.24, 2.45) is 10.2 Å². The van der Waals surface area contributed by atoms with Crippen LogP contribution in [0, 0.1) is 0 Å². The lowest BCUT2D eigenvalue weighted by Crippen LogP contribution is -1.76. The molecule has 3 nitrogen and oxygen atoms in total. The molecule has 0 unspecified atom stereocenters. The van der Waals surface area contributed by atoms with Gasteiger partial charge in [0.25, 0.3) is 0 Å². The van der Waals surface area contributed by atoms with Crippen molar-refractivity contribution in [3.05, 3.63) is 42.5 Å². The molecule has 0 atom stereocenters. The number of hydrogen-bond donors (Lipinski definition) is 1. The van der Waals surface area contributed by atoms with Crippen LogP contribution in [0.4, 0.5) is 11.4 Å². The molecule has 1 aliphatic heterocycles. The van der Waals surface area contributed by atoms with Gasteiger partial charge in [-0.1, -0.05) is 12.1 Å². The molecule has 0 saturated carbocycles. The van der Waals surface area contributed by atoms with E-state index >= 15 is 0 Å². The van der Waals surface area contributed by atoms with Crippen LogP contribution in [0.1, 0.15) is 0 Å². The van der Waals surface area contributed by atoms with Crippen molar-refractivity contribution in [2.45, 2.75) is 0 Å². The van der Waals surface area contributed by atoms with Gasteiger partial charge in [0.05, 0.1) is 11.4 Å². The van der Waals surface area contributed by atoms with Crippen LogP contribution in [0.15, 0.2) is 52.7 Å². The molecule has 15 heavy (non-hydrogen) atoms. The number of rotatable bonds is 1. The number of fused-ring (bicyclic) bond motifs is 2. The van der Waals surface area contributed by atoms with E-state index < -0.39 is 0 Å². The number of aromatic hydroxyl groups is 1. The molecule has 3 rings (SSSR count). The first kappa shape index (κ1) is 8.17. The van der Waals surface area contributed by atoms with E-state index in [9.17, 15) is 5.11 Å². The third-order valence-electron chi connectivity index (χ3n) is 2.43. The number of phenols is 1. The normalized spacial score (nSPS) is 12.0. The van der Waals surface area contributed by atoms with E-state index in [4.69, 9.17) is 0 Å². The van der Waals surface area contributed by atoms with E-state index in [-0.39, 0.29) is 5.75 Å². The molecule has 72 valence electrons. The highest BCUT2D eigenvalue weighted by atomic mass is 16.3. The molecule has 2 bridgehead atoms. The maximum Gasteiger partial charge on any atom is 0.115 e. The van der Waals surface area contributed by atoms with Crippen molar-refractivity contribution >= 4 is 11.4 Å². The monoisotopic (exact) mass is 196 g/mol. The zero-order valence-corrected chi connectivity index (χ0v) is 7.88. The molecule has 0 spiro atoms. The molecule has 1 N–H and O–H groups in total. The Kier molecular flexibility index (Phi) is 1.59. The third kappa shape index (κ3) is 1.29. The zero-order valence-electron chi connectivity index (χ0n) is 7.88. The summed E-state index contributed by atoms with van der Waals surface area (Å²) in [7, 11) is 0. The van der Waals surface area contributed by atoms with Gasteiger partial charge >= 0.3 is 0 Å². The van der Waals surface area contributed by atoms with Crippen molar-refractivity contribution in [2.75, 3.05) is 0 Å². The minimum absolute atomic E-state index is 0.272. The summed E-state index contributed by atoms with van der Waals surface area (Å²) >= 11 is 0. The summed E-state index contributed by atoms with van der Waals surface area (Å²) in [6, 6.07) is 13.0. The van der Waals surface area contributed by atoms with Gasteiger partial charge in [-0.05, 0) is 35.9 Å². The van der Waals surface area contributed by atoms with E-state index in [2.05, 4.69) is 10.2 Å². The molecule has 0 saturated heterocycles. The average Bonchev–Trinajstić information content (AvgIpc) is 2.63. The maximum atomic E-state index is 9.20. The Morgan fingerprint density at radius 3 is 2.47 bits per heavy atom. The minimum Gasteiger partial charge on any atom is -0.508 e. The highest BCUT2D eigenvalue weighted by Gasteiger charge is 2.09. The van der Waals surface area contributed by atoms with Gasteiger partial charge in [-0.25, -0.2) is 0 Å². The van der Waals surface area contributed by atoms with Crippen molar-refractivity contribution < 1.29 is 5.11 Å². The van der Waals surface area contributed by atoms with Crippen LogP contribution >= 0.6 is 0 Å². The molecule has 3 heteroatoms. The number of benzene rings is 2. The van der Waals surface area contributed by atoms with Crippen molar-refractivity contribution in [3.63, 3.8) is 0 Å². The first-order chi connectivity index (χ1) is 7.33. The zero-order chi connectivity index (χ0) is 10.3. The second kappa shape index (κ2) is 2.92. The SMILES string of the molecule is Oc1ccc(-c2ccc3cc2N=N3)cc1. The fourth-order valence-corrected chi connectivity index (χ4v) is 1.66. The Bertz CT molecular complexity index is 544. The second-order valence-corrected chi connectivity index (χ2v) is 3.45. The smallest absolute Gasteiger partial charge is 0.115 e. The van der Waals surface area contributed by atoms with Crippen LogP contribution < -0.4 is 0 Å². The molecule has 2 aromatic carbocycles. The van der Waals surface area contributed by atoms with E-state index in [0.29, 0.717) is 0 Å². The molecule has 2 aromatic rings. The number of azo groups is 1. The standard InChI is InChI=1S/C12H8N2O/c15-10-4-1-8(2-5-10)11-6-3-9-7-12(11)14-13-9/h1-7,15H. The molecule has 1 aliphatic rings. The molecule has 0 amide bonds. The summed E-state index contributed by atoms with van der Waals surface area (Å²) in [4.78, 5) is 0. The maximum absolute atomic E-state index is 9.20. The summed E-state index contributed by atoms with van der Waals surface area (Å²) in [5.74, 6) is 0.272. The first-order valence-electron chi connectivity index (χ1n) is 4.68. The van der Waals surface area contributed by atoms with Crippen LogP contribution in [0.3, 0.4) is 0 Å². The van der Waals surface area contributed by atoms with Gasteiger partial charge < -0.3 is 5.11 Å². The van der Waals surface area contributed by atoms with Gasteiger partial charge in [-0.2, -0.15) is 5.11 Å². The highest BCUT2D eigenvalue weighted by Crippen LogP contribution is 2.38. The second-order valence-electron chi connectivity index (χ2n) is 3.45. The molecular weight excluding hydrogens is 188 g/mol. The number of nitrogens with zero attached hydrogens (tertiary/aromatic N) is 2. The Labute approximate surface area is 86.7 Å². The molecular formula is C12H8N2O. The summed E-state index contributed by atoms with van der Waals surface area (Å²) < 4.78 is 0. The Morgan fingerprint density at radius 1 is 0.867 bits per heavy atom. The Morgan fingerprint density at radius 2 is 1.67 bits per heavy atom. The van der Waals surface area contributed by atoms with Gasteiger partial charge in [0, 0.05) is 5.56 Å². The predicted molar refractivity (Wildman–Crippen MR) is 57.7 cm³/mol. The molecule has 0 aromatic heterocycles. The third-order valence-corrected chi connectivity index (χ3v) is 2.43. The van der Waals surface area contributed by atoms with Crippen molar-refractivity contribution in [1.29, 1.82) is 0 Å². The molecule has 0 aliphatic carbocycles. The van der Waals surface area contributed by atoms with Gasteiger partial charge in [0.15, 0.2) is 0 Å². The van der Waals surface area contributed by atoms with Crippen LogP contribution in [-0.2, 0) is 0 Å². The lowest BCUT2D eigenvalue weighted by Gasteiger charge is -2.02. The first-order valence-corrected chi connectivity index (χ1v) is 4.68. The minimum atomic E-state index is 0.272. The van der Waals surface area contributed by atoms with Crippen molar-refractivity contribution in [3.8, 4) is 16.9 Å². The quantitative estimate of drug-likeness (QED) is 0.632. The van der Waals surface area contributed by atoms with Crippen LogP contribution in [0.25, 0.3) is 11.1 Å². The van der Waals surface area contributed by atoms with E-state index in [1.807, 2.05) is 30.3 Å². The Hall–Kier alpha value is -2.16. The van der Waals surface area contributed by atoms with E-state index in [1.165, 1.54) is 0 Å². The fourth-order valence-electron chi connectivity index (χ4n) is 1.66. The van der Waals surface area contributed by atoms with Crippen LogP contribution in [0.5, 0.6) is 5.75 Å². The van der Waals surface area contributed by atoms with Gasteiger partial charge in [-0.3, -0.25) is 0 Å². The largest absolute Gasteiger partial charge is 0.508 e. The molecule has 0 radical (unpaired) electrons. The van der Waals surface area contributed by atoms with Crippen LogP contribution in [-0.4, -0.2) is 5.11 Å². The highest BCUT2D eigenvalue weighted by molar-refractivity contribution is 5.79. The lowest BCUT2D eigenvalue weighted by atomic mass is 10.0. The topological polar surface area (TPSA) is 45.0 Å². The number of hydrogen-bond acceptors (Lipinski definition) is 3. The summed E-state index contributed by atoms with van der Waals surface area (Å²) in [6.07, 6.45) is 0. The molecule has 1 heterocycles. The fraction of sp³-hybridized carbons (Fsp3) is 0. The average molecular weight is 196 g/mol. The summed E-state index contributed by atoms with van der Waals surface area (Å²) in [5.41, 5.74) is 3.86. The number of phenolic OH excluding ortho intramolecular Hbond substituents is 1. The van der Waals surface area contributed by atoms with Crippen LogP contribution in [0.2, 0.25) is 0 Å². The summed E-state index contributed by atoms with van der Waals surface area (Å²) in [5, 5.41) is 17.2. The van der Waals surface area contributed by atoms with Gasteiger partial charge in [0.2, 0.25) is 0 Å². The Balaban J connectivity index is 2.15. The van der Waals surface area contributed by atoms with Crippen molar-refractivity contribution in [1.82, 2.24) is 0 Å². The predicted octanol–water partition coefficient (Wildman–Crippen LogP) is 3.79. The van der Waals surface area contributed by atoms with Gasteiger partial charge in [0.1, 0.15) is 5.75 Å². The molecule has 0 fully saturated rings. The van der Waals surface area contributed by atoms with E-state index in [0.717, 1.165) is 22.5 Å².